The number of aromatic nitrogens is 3. The number of nitrogens with one attached hydrogen (secondary N) is 2. The van der Waals surface area contributed by atoms with Gasteiger partial charge in [-0.25, -0.2) is 0 Å². The van der Waals surface area contributed by atoms with Crippen molar-refractivity contribution < 1.29 is 9.32 Å². The van der Waals surface area contributed by atoms with Gasteiger partial charge in [-0.2, -0.15) is 4.98 Å². The van der Waals surface area contributed by atoms with Crippen molar-refractivity contribution in [1.29, 1.82) is 0 Å². The average Bonchev–Trinajstić information content (AvgIpc) is 2.87. The van der Waals surface area contributed by atoms with Gasteiger partial charge in [0, 0.05) is 10.6 Å². The van der Waals surface area contributed by atoms with E-state index in [1.54, 1.807) is 0 Å². The van der Waals surface area contributed by atoms with Gasteiger partial charge in [0.1, 0.15) is 0 Å². The molecule has 0 aliphatic rings. The number of nitrogens with zero attached hydrogens (tertiary/aromatic N) is 2. The molecule has 1 amide bonds. The van der Waals surface area contributed by atoms with Crippen LogP contribution in [0, 0.1) is 10.9 Å². The Morgan fingerprint density at radius 2 is 2.53 bits per heavy atom. The summed E-state index contributed by atoms with van der Waals surface area (Å²) in [6, 6.07) is 0. The van der Waals surface area contributed by atoms with E-state index in [0.717, 1.165) is 10.6 Å². The van der Waals surface area contributed by atoms with E-state index >= 15 is 0 Å². The standard InChI is InChI=1S/C9H10N4O2S2/c1-5-6(17-9(16)12-5)2-8(14)10-3-7-11-4-15-13-7/h4H,2-3H2,1H3,(H,10,14)(H,12,16). The summed E-state index contributed by atoms with van der Waals surface area (Å²) in [7, 11) is 0. The molecule has 0 radical (unpaired) electrons. The van der Waals surface area contributed by atoms with Crippen LogP contribution < -0.4 is 5.32 Å². The Morgan fingerprint density at radius 3 is 3.12 bits per heavy atom. The summed E-state index contributed by atoms with van der Waals surface area (Å²) in [5.74, 6) is 0.361. The third-order valence-corrected chi connectivity index (χ3v) is 3.43. The lowest BCUT2D eigenvalue weighted by molar-refractivity contribution is -0.120. The van der Waals surface area contributed by atoms with Gasteiger partial charge in [-0.15, -0.1) is 11.3 Å². The van der Waals surface area contributed by atoms with E-state index in [4.69, 9.17) is 12.2 Å². The number of thiazole rings is 1. The Balaban J connectivity index is 1.89. The highest BCUT2D eigenvalue weighted by Crippen LogP contribution is 2.14. The molecule has 17 heavy (non-hydrogen) atoms. The zero-order valence-corrected chi connectivity index (χ0v) is 10.7. The first-order chi connectivity index (χ1) is 8.15. The Labute approximate surface area is 106 Å². The lowest BCUT2D eigenvalue weighted by atomic mass is 10.3. The number of amides is 1. The number of aromatic amines is 1. The van der Waals surface area contributed by atoms with Crippen molar-refractivity contribution in [2.24, 2.45) is 0 Å². The molecule has 0 aromatic carbocycles. The van der Waals surface area contributed by atoms with Crippen LogP contribution in [-0.2, 0) is 17.8 Å². The summed E-state index contributed by atoms with van der Waals surface area (Å²) in [4.78, 5) is 19.4. The number of hydrogen-bond donors (Lipinski definition) is 2. The van der Waals surface area contributed by atoms with E-state index in [1.165, 1.54) is 17.7 Å². The molecule has 0 aliphatic carbocycles. The van der Waals surface area contributed by atoms with Gasteiger partial charge in [0.05, 0.1) is 13.0 Å². The monoisotopic (exact) mass is 270 g/mol. The fourth-order valence-electron chi connectivity index (χ4n) is 1.26. The molecule has 2 aromatic rings. The van der Waals surface area contributed by atoms with Crippen molar-refractivity contribution >= 4 is 29.5 Å². The number of H-pyrrole nitrogens is 1. The number of carbonyl (C=O) groups excluding carboxylic acids is 1. The predicted octanol–water partition coefficient (Wildman–Crippen LogP) is 1.36. The smallest absolute Gasteiger partial charge is 0.225 e. The van der Waals surface area contributed by atoms with E-state index in [-0.39, 0.29) is 12.5 Å². The Hall–Kier alpha value is -1.54. The van der Waals surface area contributed by atoms with E-state index in [9.17, 15) is 4.79 Å². The molecule has 0 bridgehead atoms. The maximum Gasteiger partial charge on any atom is 0.225 e. The summed E-state index contributed by atoms with van der Waals surface area (Å²) in [5.41, 5.74) is 0.940. The fraction of sp³-hybridized carbons (Fsp3) is 0.333. The van der Waals surface area contributed by atoms with E-state index in [2.05, 4.69) is 25.0 Å². The SMILES string of the molecule is Cc1[nH]c(=S)sc1CC(=O)NCc1ncon1. The highest BCUT2D eigenvalue weighted by molar-refractivity contribution is 7.73. The van der Waals surface area contributed by atoms with E-state index < -0.39 is 0 Å². The number of carbonyl (C=O) groups is 1. The molecular weight excluding hydrogens is 260 g/mol. The van der Waals surface area contributed by atoms with Gasteiger partial charge in [0.2, 0.25) is 12.3 Å². The molecule has 6 nitrogen and oxygen atoms in total. The maximum absolute atomic E-state index is 11.6. The first kappa shape index (κ1) is 11.9. The maximum atomic E-state index is 11.6. The van der Waals surface area contributed by atoms with Crippen molar-refractivity contribution in [3.8, 4) is 0 Å². The molecule has 2 rings (SSSR count). The van der Waals surface area contributed by atoms with Crippen molar-refractivity contribution in [3.63, 3.8) is 0 Å². The summed E-state index contributed by atoms with van der Waals surface area (Å²) in [6.07, 6.45) is 1.53. The Morgan fingerprint density at radius 1 is 1.71 bits per heavy atom. The van der Waals surface area contributed by atoms with Crippen LogP contribution in [0.3, 0.4) is 0 Å². The number of rotatable bonds is 4. The first-order valence-corrected chi connectivity index (χ1v) is 6.08. The summed E-state index contributed by atoms with van der Waals surface area (Å²) < 4.78 is 5.24. The van der Waals surface area contributed by atoms with Gasteiger partial charge in [0.25, 0.3) is 0 Å². The number of hydrogen-bond acceptors (Lipinski definition) is 6. The fourth-order valence-corrected chi connectivity index (χ4v) is 2.55. The molecular formula is C9H10N4O2S2. The van der Waals surface area contributed by atoms with Crippen LogP contribution in [0.15, 0.2) is 10.9 Å². The Kier molecular flexibility index (Phi) is 3.64. The molecule has 0 saturated carbocycles. The van der Waals surface area contributed by atoms with Crippen LogP contribution in [0.4, 0.5) is 0 Å². The van der Waals surface area contributed by atoms with Crippen molar-refractivity contribution in [2.45, 2.75) is 19.9 Å². The van der Waals surface area contributed by atoms with E-state index in [0.29, 0.717) is 16.2 Å². The van der Waals surface area contributed by atoms with Gasteiger partial charge in [-0.1, -0.05) is 5.16 Å². The topological polar surface area (TPSA) is 83.8 Å². The van der Waals surface area contributed by atoms with Crippen molar-refractivity contribution in [3.05, 3.63) is 26.7 Å². The van der Waals surface area contributed by atoms with Crippen molar-refractivity contribution in [1.82, 2.24) is 20.4 Å². The third-order valence-electron chi connectivity index (χ3n) is 2.10. The molecule has 2 aromatic heterocycles. The Bertz CT molecular complexity index is 558. The van der Waals surface area contributed by atoms with Gasteiger partial charge >= 0.3 is 0 Å². The molecule has 2 N–H and O–H groups in total. The summed E-state index contributed by atoms with van der Waals surface area (Å²) in [6.45, 7) is 2.16. The van der Waals surface area contributed by atoms with Crippen LogP contribution in [0.1, 0.15) is 16.4 Å². The minimum atomic E-state index is -0.0943. The van der Waals surface area contributed by atoms with Crippen LogP contribution in [0.2, 0.25) is 0 Å². The minimum absolute atomic E-state index is 0.0943. The highest BCUT2D eigenvalue weighted by Gasteiger charge is 2.09. The molecule has 0 fully saturated rings. The van der Waals surface area contributed by atoms with Gasteiger partial charge in [0.15, 0.2) is 9.78 Å². The summed E-state index contributed by atoms with van der Waals surface area (Å²) >= 11 is 6.42. The minimum Gasteiger partial charge on any atom is -0.348 e. The summed E-state index contributed by atoms with van der Waals surface area (Å²) in [5, 5.41) is 6.30. The second-order valence-electron chi connectivity index (χ2n) is 3.36. The van der Waals surface area contributed by atoms with E-state index in [1.807, 2.05) is 6.92 Å². The van der Waals surface area contributed by atoms with Crippen LogP contribution in [-0.4, -0.2) is 21.0 Å². The zero-order valence-electron chi connectivity index (χ0n) is 9.02. The molecule has 0 atom stereocenters. The second kappa shape index (κ2) is 5.19. The first-order valence-electron chi connectivity index (χ1n) is 4.85. The quantitative estimate of drug-likeness (QED) is 0.819. The van der Waals surface area contributed by atoms with Crippen LogP contribution in [0.5, 0.6) is 0 Å². The molecule has 90 valence electrons. The van der Waals surface area contributed by atoms with Gasteiger partial charge in [-0.05, 0) is 19.1 Å². The second-order valence-corrected chi connectivity index (χ2v) is 5.14. The van der Waals surface area contributed by atoms with Crippen LogP contribution in [0.25, 0.3) is 0 Å². The molecule has 0 spiro atoms. The van der Waals surface area contributed by atoms with Crippen molar-refractivity contribution in [2.75, 3.05) is 0 Å². The predicted molar refractivity (Wildman–Crippen MR) is 64.1 cm³/mol. The highest BCUT2D eigenvalue weighted by atomic mass is 32.1. The largest absolute Gasteiger partial charge is 0.348 e. The number of aryl methyl sites for hydroxylation is 1. The van der Waals surface area contributed by atoms with Gasteiger partial charge < -0.3 is 14.8 Å². The lowest BCUT2D eigenvalue weighted by Crippen LogP contribution is -2.25. The lowest BCUT2D eigenvalue weighted by Gasteiger charge is -2.01. The average molecular weight is 270 g/mol. The van der Waals surface area contributed by atoms with Gasteiger partial charge in [-0.3, -0.25) is 4.79 Å². The molecule has 0 saturated heterocycles. The van der Waals surface area contributed by atoms with Crippen LogP contribution >= 0.6 is 23.6 Å². The zero-order chi connectivity index (χ0) is 12.3. The molecule has 0 unspecified atom stereocenters. The third kappa shape index (κ3) is 3.21. The molecule has 0 aliphatic heterocycles. The normalized spacial score (nSPS) is 10.4. The molecule has 8 heteroatoms. The molecule has 2 heterocycles.